The fourth-order valence-corrected chi connectivity index (χ4v) is 4.71. The molecule has 0 aromatic heterocycles. The molecular weight excluding hydrogens is 358 g/mol. The van der Waals surface area contributed by atoms with Gasteiger partial charge in [0, 0.05) is 11.1 Å². The molecule has 152 valence electrons. The van der Waals surface area contributed by atoms with Crippen LogP contribution in [0.2, 0.25) is 0 Å². The monoisotopic (exact) mass is 389 g/mol. The Balaban J connectivity index is 1.77. The molecule has 1 saturated carbocycles. The molecule has 4 rings (SSSR count). The van der Waals surface area contributed by atoms with Crippen LogP contribution in [-0.4, -0.2) is 18.6 Å². The van der Waals surface area contributed by atoms with Crippen LogP contribution in [0.1, 0.15) is 63.0 Å². The fourth-order valence-electron chi connectivity index (χ4n) is 4.71. The van der Waals surface area contributed by atoms with E-state index in [1.165, 1.54) is 41.5 Å². The van der Waals surface area contributed by atoms with Crippen LogP contribution in [0.25, 0.3) is 5.57 Å². The lowest BCUT2D eigenvalue weighted by Crippen LogP contribution is -2.34. The van der Waals surface area contributed by atoms with Crippen molar-refractivity contribution in [3.05, 3.63) is 71.3 Å². The summed E-state index contributed by atoms with van der Waals surface area (Å²) in [5.41, 5.74) is 4.92. The van der Waals surface area contributed by atoms with Gasteiger partial charge in [-0.1, -0.05) is 62.2 Å². The van der Waals surface area contributed by atoms with Crippen LogP contribution in [0.3, 0.4) is 0 Å². The molecule has 0 amide bonds. The highest BCUT2D eigenvalue weighted by atomic mass is 16.5. The van der Waals surface area contributed by atoms with Gasteiger partial charge in [0.25, 0.3) is 0 Å². The lowest BCUT2D eigenvalue weighted by molar-refractivity contribution is 0.0846. The van der Waals surface area contributed by atoms with Gasteiger partial charge in [0.15, 0.2) is 0 Å². The van der Waals surface area contributed by atoms with Crippen LogP contribution in [0.15, 0.2) is 65.2 Å². The predicted octanol–water partition coefficient (Wildman–Crippen LogP) is 6.58. The summed E-state index contributed by atoms with van der Waals surface area (Å²) < 4.78 is 12.1. The van der Waals surface area contributed by atoms with Gasteiger partial charge in [0.1, 0.15) is 11.4 Å². The Morgan fingerprint density at radius 1 is 0.966 bits per heavy atom. The molecule has 1 aliphatic carbocycles. The molecular formula is C26H31NO2. The van der Waals surface area contributed by atoms with Crippen LogP contribution >= 0.6 is 0 Å². The molecule has 0 N–H and O–H groups in total. The third kappa shape index (κ3) is 4.10. The van der Waals surface area contributed by atoms with Crippen molar-refractivity contribution in [1.82, 2.24) is 0 Å². The molecule has 0 saturated heterocycles. The summed E-state index contributed by atoms with van der Waals surface area (Å²) in [4.78, 5) is 4.96. The van der Waals surface area contributed by atoms with Gasteiger partial charge in [-0.25, -0.2) is 4.99 Å². The second-order valence-electron chi connectivity index (χ2n) is 8.10. The minimum Gasteiger partial charge on any atom is -0.497 e. The van der Waals surface area contributed by atoms with Crippen molar-refractivity contribution in [2.45, 2.75) is 64.0 Å². The van der Waals surface area contributed by atoms with Gasteiger partial charge in [-0.3, -0.25) is 0 Å². The van der Waals surface area contributed by atoms with Gasteiger partial charge < -0.3 is 9.47 Å². The van der Waals surface area contributed by atoms with Crippen molar-refractivity contribution in [2.75, 3.05) is 7.11 Å². The Labute approximate surface area is 174 Å². The van der Waals surface area contributed by atoms with E-state index in [-0.39, 0.29) is 5.60 Å². The first-order valence-corrected chi connectivity index (χ1v) is 10.9. The molecule has 2 aliphatic rings. The van der Waals surface area contributed by atoms with Gasteiger partial charge in [-0.15, -0.1) is 0 Å². The number of aliphatic imine (C=N–C) groups is 1. The minimum absolute atomic E-state index is 0.215. The number of methoxy groups -OCH3 is 1. The Morgan fingerprint density at radius 3 is 2.34 bits per heavy atom. The molecule has 1 aliphatic heterocycles. The summed E-state index contributed by atoms with van der Waals surface area (Å²) in [6.07, 6.45) is 7.95. The molecule has 0 radical (unpaired) electrons. The first-order valence-electron chi connectivity index (χ1n) is 10.9. The van der Waals surface area contributed by atoms with E-state index in [1.54, 1.807) is 7.11 Å². The average Bonchev–Trinajstić information content (AvgIpc) is 3.06. The topological polar surface area (TPSA) is 30.8 Å². The van der Waals surface area contributed by atoms with Crippen LogP contribution in [-0.2, 0) is 11.3 Å². The Bertz CT molecular complexity index is 875. The fraction of sp³-hybridized carbons (Fsp3) is 0.423. The molecule has 29 heavy (non-hydrogen) atoms. The Kier molecular flexibility index (Phi) is 6.03. The molecule has 3 heteroatoms. The summed E-state index contributed by atoms with van der Waals surface area (Å²) in [6.45, 7) is 2.90. The zero-order chi connectivity index (χ0) is 20.1. The van der Waals surface area contributed by atoms with Gasteiger partial charge in [0.05, 0.1) is 13.7 Å². The van der Waals surface area contributed by atoms with Gasteiger partial charge in [0.2, 0.25) is 5.90 Å². The second kappa shape index (κ2) is 8.86. The average molecular weight is 390 g/mol. The molecule has 0 bridgehead atoms. The quantitative estimate of drug-likeness (QED) is 0.558. The highest BCUT2D eigenvalue weighted by molar-refractivity contribution is 6.07. The molecule has 3 nitrogen and oxygen atoms in total. The van der Waals surface area contributed by atoms with E-state index in [0.717, 1.165) is 37.3 Å². The number of ether oxygens (including phenoxy) is 2. The Morgan fingerprint density at radius 2 is 1.69 bits per heavy atom. The lowest BCUT2D eigenvalue weighted by Gasteiger charge is -2.35. The standard InChI is InChI=1S/C26H31NO2/c1-3-10-23-24(21-13-15-22(28-2)16-14-21)26(17-8-5-9-18-26)29-25(23)27-19-20-11-6-4-7-12-20/h4,6-7,11-16H,3,5,8-10,17-19H2,1-2H3. The molecule has 0 atom stereocenters. The van der Waals surface area contributed by atoms with Crippen molar-refractivity contribution in [1.29, 1.82) is 0 Å². The normalized spacial score (nSPS) is 19.6. The van der Waals surface area contributed by atoms with Crippen LogP contribution in [0, 0.1) is 0 Å². The Hall–Kier alpha value is -2.55. The highest BCUT2D eigenvalue weighted by Gasteiger charge is 2.46. The molecule has 1 spiro atoms. The van der Waals surface area contributed by atoms with Crippen molar-refractivity contribution in [3.8, 4) is 5.75 Å². The third-order valence-electron chi connectivity index (χ3n) is 6.10. The summed E-state index contributed by atoms with van der Waals surface area (Å²) in [5.74, 6) is 1.75. The van der Waals surface area contributed by atoms with E-state index in [1.807, 2.05) is 6.07 Å². The number of rotatable bonds is 6. The van der Waals surface area contributed by atoms with E-state index < -0.39 is 0 Å². The van der Waals surface area contributed by atoms with Gasteiger partial charge in [-0.2, -0.15) is 0 Å². The molecule has 1 fully saturated rings. The second-order valence-corrected chi connectivity index (χ2v) is 8.10. The third-order valence-corrected chi connectivity index (χ3v) is 6.10. The van der Waals surface area contributed by atoms with E-state index in [2.05, 4.69) is 55.5 Å². The van der Waals surface area contributed by atoms with Gasteiger partial charge in [-0.05, 0) is 55.4 Å². The molecule has 2 aromatic rings. The van der Waals surface area contributed by atoms with Crippen molar-refractivity contribution >= 4 is 11.5 Å². The first kappa shape index (κ1) is 19.8. The maximum Gasteiger partial charge on any atom is 0.213 e. The van der Waals surface area contributed by atoms with E-state index >= 15 is 0 Å². The summed E-state index contributed by atoms with van der Waals surface area (Å²) in [7, 11) is 1.71. The maximum atomic E-state index is 6.75. The van der Waals surface area contributed by atoms with Crippen LogP contribution < -0.4 is 4.74 Å². The zero-order valence-electron chi connectivity index (χ0n) is 17.6. The highest BCUT2D eigenvalue weighted by Crippen LogP contribution is 2.50. The lowest BCUT2D eigenvalue weighted by atomic mass is 9.76. The van der Waals surface area contributed by atoms with E-state index in [9.17, 15) is 0 Å². The largest absolute Gasteiger partial charge is 0.497 e. The van der Waals surface area contributed by atoms with Crippen molar-refractivity contribution in [3.63, 3.8) is 0 Å². The van der Waals surface area contributed by atoms with Crippen LogP contribution in [0.5, 0.6) is 5.75 Å². The molecule has 2 aromatic carbocycles. The number of nitrogens with zero attached hydrogens (tertiary/aromatic N) is 1. The number of hydrogen-bond donors (Lipinski definition) is 0. The summed E-state index contributed by atoms with van der Waals surface area (Å²) in [5, 5.41) is 0. The summed E-state index contributed by atoms with van der Waals surface area (Å²) in [6, 6.07) is 18.9. The van der Waals surface area contributed by atoms with Gasteiger partial charge >= 0.3 is 0 Å². The maximum absolute atomic E-state index is 6.75. The number of hydrogen-bond acceptors (Lipinski definition) is 3. The SMILES string of the molecule is CCCC1=C(c2ccc(OC)cc2)C2(CCCCC2)OC1=NCc1ccccc1. The van der Waals surface area contributed by atoms with E-state index in [4.69, 9.17) is 14.5 Å². The predicted molar refractivity (Wildman–Crippen MR) is 119 cm³/mol. The zero-order valence-corrected chi connectivity index (χ0v) is 17.6. The van der Waals surface area contributed by atoms with Crippen molar-refractivity contribution < 1.29 is 9.47 Å². The van der Waals surface area contributed by atoms with Crippen LogP contribution in [0.4, 0.5) is 0 Å². The minimum atomic E-state index is -0.215. The smallest absolute Gasteiger partial charge is 0.213 e. The van der Waals surface area contributed by atoms with E-state index in [0.29, 0.717) is 6.54 Å². The molecule has 1 heterocycles. The molecule has 0 unspecified atom stereocenters. The first-order chi connectivity index (χ1) is 14.3. The summed E-state index contributed by atoms with van der Waals surface area (Å²) >= 11 is 0. The van der Waals surface area contributed by atoms with Crippen molar-refractivity contribution in [2.24, 2.45) is 4.99 Å². The number of benzene rings is 2.